The summed E-state index contributed by atoms with van der Waals surface area (Å²) in [5.41, 5.74) is 0. The van der Waals surface area contributed by atoms with E-state index in [4.69, 9.17) is 0 Å². The van der Waals surface area contributed by atoms with Gasteiger partial charge >= 0.3 is 0 Å². The third-order valence-electron chi connectivity index (χ3n) is 3.51. The van der Waals surface area contributed by atoms with Crippen molar-refractivity contribution in [2.24, 2.45) is 11.8 Å². The van der Waals surface area contributed by atoms with Crippen molar-refractivity contribution in [3.8, 4) is 0 Å². The van der Waals surface area contributed by atoms with Gasteiger partial charge in [0.1, 0.15) is 0 Å². The maximum Gasteiger partial charge on any atom is 0.0543 e. The van der Waals surface area contributed by atoms with Crippen molar-refractivity contribution >= 4 is 0 Å². The van der Waals surface area contributed by atoms with Crippen LogP contribution in [0.4, 0.5) is 0 Å². The van der Waals surface area contributed by atoms with Crippen LogP contribution in [0.3, 0.4) is 0 Å². The van der Waals surface area contributed by atoms with E-state index < -0.39 is 0 Å². The first-order valence-corrected chi connectivity index (χ1v) is 5.04. The number of fused-ring (bicyclic) bond motifs is 1. The lowest BCUT2D eigenvalue weighted by Crippen LogP contribution is -2.29. The molecule has 0 aromatic rings. The lowest BCUT2D eigenvalue weighted by Gasteiger charge is -2.37. The molecule has 0 aromatic heterocycles. The SMILES string of the molecule is O[C@@H]1CCC2CCCCC2C1. The number of aliphatic hydroxyl groups excluding tert-OH is 1. The van der Waals surface area contributed by atoms with E-state index >= 15 is 0 Å². The third kappa shape index (κ3) is 1.58. The molecule has 64 valence electrons. The van der Waals surface area contributed by atoms with Gasteiger partial charge in [0.05, 0.1) is 6.10 Å². The average Bonchev–Trinajstić information content (AvgIpc) is 2.04. The van der Waals surface area contributed by atoms with Crippen LogP contribution in [0.1, 0.15) is 44.9 Å². The molecular weight excluding hydrogens is 136 g/mol. The molecular formula is C10H18O. The van der Waals surface area contributed by atoms with Crippen molar-refractivity contribution in [1.29, 1.82) is 0 Å². The number of hydrogen-bond acceptors (Lipinski definition) is 1. The van der Waals surface area contributed by atoms with Gasteiger partial charge in [-0.15, -0.1) is 0 Å². The van der Waals surface area contributed by atoms with E-state index in [0.29, 0.717) is 0 Å². The smallest absolute Gasteiger partial charge is 0.0543 e. The standard InChI is InChI=1S/C10H18O/c11-10-6-5-8-3-1-2-4-9(8)7-10/h8-11H,1-7H2/t8?,9?,10-/m1/s1. The Balaban J connectivity index is 1.93. The first kappa shape index (κ1) is 7.60. The Bertz CT molecular complexity index is 133. The summed E-state index contributed by atoms with van der Waals surface area (Å²) in [7, 11) is 0. The summed E-state index contributed by atoms with van der Waals surface area (Å²) in [5.74, 6) is 1.86. The number of rotatable bonds is 0. The molecule has 0 spiro atoms. The largest absolute Gasteiger partial charge is 0.393 e. The molecule has 2 aliphatic rings. The molecule has 0 aromatic carbocycles. The second-order valence-electron chi connectivity index (χ2n) is 4.27. The summed E-state index contributed by atoms with van der Waals surface area (Å²) in [5, 5.41) is 9.45. The Labute approximate surface area is 68.8 Å². The van der Waals surface area contributed by atoms with Gasteiger partial charge in [0.15, 0.2) is 0 Å². The third-order valence-corrected chi connectivity index (χ3v) is 3.51. The highest BCUT2D eigenvalue weighted by atomic mass is 16.3. The van der Waals surface area contributed by atoms with Crippen LogP contribution in [0, 0.1) is 11.8 Å². The number of hydrogen-bond donors (Lipinski definition) is 1. The summed E-state index contributed by atoms with van der Waals surface area (Å²) < 4.78 is 0. The van der Waals surface area contributed by atoms with E-state index in [9.17, 15) is 5.11 Å². The highest BCUT2D eigenvalue weighted by Crippen LogP contribution is 2.40. The quantitative estimate of drug-likeness (QED) is 0.568. The Kier molecular flexibility index (Phi) is 2.17. The molecule has 2 saturated carbocycles. The van der Waals surface area contributed by atoms with Crippen LogP contribution >= 0.6 is 0 Å². The Morgan fingerprint density at radius 2 is 1.55 bits per heavy atom. The van der Waals surface area contributed by atoms with Crippen LogP contribution in [-0.2, 0) is 0 Å². The van der Waals surface area contributed by atoms with Gasteiger partial charge < -0.3 is 5.11 Å². The molecule has 2 rings (SSSR count). The van der Waals surface area contributed by atoms with E-state index in [-0.39, 0.29) is 6.10 Å². The summed E-state index contributed by atoms with van der Waals surface area (Å²) in [6, 6.07) is 0. The molecule has 1 heteroatoms. The van der Waals surface area contributed by atoms with Crippen LogP contribution in [0.2, 0.25) is 0 Å². The highest BCUT2D eigenvalue weighted by Gasteiger charge is 2.30. The van der Waals surface area contributed by atoms with E-state index in [0.717, 1.165) is 24.7 Å². The topological polar surface area (TPSA) is 20.2 Å². The Morgan fingerprint density at radius 1 is 0.818 bits per heavy atom. The summed E-state index contributed by atoms with van der Waals surface area (Å²) >= 11 is 0. The average molecular weight is 154 g/mol. The lowest BCUT2D eigenvalue weighted by atomic mass is 9.70. The summed E-state index contributed by atoms with van der Waals surface area (Å²) in [6.45, 7) is 0. The Hall–Kier alpha value is -0.0400. The lowest BCUT2D eigenvalue weighted by molar-refractivity contribution is 0.0491. The molecule has 0 heterocycles. The van der Waals surface area contributed by atoms with E-state index in [1.54, 1.807) is 0 Å². The van der Waals surface area contributed by atoms with Crippen molar-refractivity contribution in [3.05, 3.63) is 0 Å². The van der Waals surface area contributed by atoms with Gasteiger partial charge in [-0.25, -0.2) is 0 Å². The van der Waals surface area contributed by atoms with Gasteiger partial charge in [-0.3, -0.25) is 0 Å². The van der Waals surface area contributed by atoms with E-state index in [1.807, 2.05) is 0 Å². The van der Waals surface area contributed by atoms with Crippen molar-refractivity contribution in [2.75, 3.05) is 0 Å². The van der Waals surface area contributed by atoms with Crippen molar-refractivity contribution in [2.45, 2.75) is 51.0 Å². The van der Waals surface area contributed by atoms with Gasteiger partial charge in [-0.05, 0) is 31.1 Å². The fraction of sp³-hybridized carbons (Fsp3) is 1.00. The molecule has 0 amide bonds. The molecule has 11 heavy (non-hydrogen) atoms. The monoisotopic (exact) mass is 154 g/mol. The molecule has 0 saturated heterocycles. The first-order valence-electron chi connectivity index (χ1n) is 5.04. The van der Waals surface area contributed by atoms with Gasteiger partial charge in [0.2, 0.25) is 0 Å². The van der Waals surface area contributed by atoms with Crippen LogP contribution in [0.5, 0.6) is 0 Å². The number of aliphatic hydroxyl groups is 1. The first-order chi connectivity index (χ1) is 5.36. The zero-order valence-electron chi connectivity index (χ0n) is 7.13. The predicted molar refractivity (Wildman–Crippen MR) is 45.3 cm³/mol. The zero-order chi connectivity index (χ0) is 7.68. The predicted octanol–water partition coefficient (Wildman–Crippen LogP) is 2.34. The minimum Gasteiger partial charge on any atom is -0.393 e. The van der Waals surface area contributed by atoms with Crippen LogP contribution < -0.4 is 0 Å². The highest BCUT2D eigenvalue weighted by molar-refractivity contribution is 4.82. The van der Waals surface area contributed by atoms with E-state index in [2.05, 4.69) is 0 Å². The molecule has 2 unspecified atom stereocenters. The molecule has 0 radical (unpaired) electrons. The van der Waals surface area contributed by atoms with Gasteiger partial charge in [-0.2, -0.15) is 0 Å². The molecule has 1 N–H and O–H groups in total. The second-order valence-corrected chi connectivity index (χ2v) is 4.27. The molecule has 1 nitrogen and oxygen atoms in total. The zero-order valence-corrected chi connectivity index (χ0v) is 7.13. The maximum absolute atomic E-state index is 9.45. The van der Waals surface area contributed by atoms with Crippen molar-refractivity contribution in [1.82, 2.24) is 0 Å². The van der Waals surface area contributed by atoms with E-state index in [1.165, 1.54) is 32.1 Å². The maximum atomic E-state index is 9.45. The van der Waals surface area contributed by atoms with Crippen LogP contribution in [0.25, 0.3) is 0 Å². The minimum atomic E-state index is 0.0364. The van der Waals surface area contributed by atoms with Crippen molar-refractivity contribution < 1.29 is 5.11 Å². The fourth-order valence-electron chi connectivity index (χ4n) is 2.85. The molecule has 0 bridgehead atoms. The molecule has 3 atom stereocenters. The second kappa shape index (κ2) is 3.14. The van der Waals surface area contributed by atoms with Crippen molar-refractivity contribution in [3.63, 3.8) is 0 Å². The van der Waals surface area contributed by atoms with Gasteiger partial charge in [0, 0.05) is 0 Å². The fourth-order valence-corrected chi connectivity index (χ4v) is 2.85. The van der Waals surface area contributed by atoms with Gasteiger partial charge in [0.25, 0.3) is 0 Å². The summed E-state index contributed by atoms with van der Waals surface area (Å²) in [6.07, 6.45) is 9.19. The summed E-state index contributed by atoms with van der Waals surface area (Å²) in [4.78, 5) is 0. The Morgan fingerprint density at radius 3 is 2.36 bits per heavy atom. The van der Waals surface area contributed by atoms with Crippen LogP contribution in [-0.4, -0.2) is 11.2 Å². The van der Waals surface area contributed by atoms with Gasteiger partial charge in [-0.1, -0.05) is 25.7 Å². The molecule has 0 aliphatic heterocycles. The molecule has 2 aliphatic carbocycles. The molecule has 2 fully saturated rings. The van der Waals surface area contributed by atoms with Crippen LogP contribution in [0.15, 0.2) is 0 Å². The normalized spacial score (nSPS) is 45.0. The minimum absolute atomic E-state index is 0.0364.